The highest BCUT2D eigenvalue weighted by Crippen LogP contribution is 2.40. The van der Waals surface area contributed by atoms with Crippen molar-refractivity contribution < 1.29 is 18.7 Å². The quantitative estimate of drug-likeness (QED) is 0.514. The summed E-state index contributed by atoms with van der Waals surface area (Å²) < 4.78 is 20.6. The van der Waals surface area contributed by atoms with E-state index in [0.717, 1.165) is 0 Å². The molecular formula is C23H26Cl2FN3O3. The minimum absolute atomic E-state index is 0.0869. The smallest absolute Gasteiger partial charge is 0.246 e. The van der Waals surface area contributed by atoms with Crippen LogP contribution in [0.5, 0.6) is 5.75 Å². The molecule has 1 aromatic heterocycles. The second-order valence-corrected chi connectivity index (χ2v) is 8.71. The highest BCUT2D eigenvalue weighted by Gasteiger charge is 2.51. The molecule has 32 heavy (non-hydrogen) atoms. The SMILES string of the molecule is CCCC(=O)NC1(C(=O)N[C@H](C)c2ncc(-c3cc(Cl)cc(Cl)c3OCC)cc2F)CC1. The zero-order chi connectivity index (χ0) is 23.5. The van der Waals surface area contributed by atoms with Crippen molar-refractivity contribution in [3.63, 3.8) is 0 Å². The van der Waals surface area contributed by atoms with Gasteiger partial charge in [-0.3, -0.25) is 14.6 Å². The fourth-order valence-electron chi connectivity index (χ4n) is 3.47. The summed E-state index contributed by atoms with van der Waals surface area (Å²) in [6.45, 7) is 5.74. The van der Waals surface area contributed by atoms with Gasteiger partial charge in [0, 0.05) is 28.8 Å². The normalized spacial score (nSPS) is 15.1. The van der Waals surface area contributed by atoms with E-state index < -0.39 is 17.4 Å². The first-order chi connectivity index (χ1) is 15.2. The van der Waals surface area contributed by atoms with Crippen LogP contribution >= 0.6 is 23.2 Å². The molecule has 0 saturated heterocycles. The van der Waals surface area contributed by atoms with Crippen LogP contribution in [0.1, 0.15) is 58.2 Å². The first-order valence-corrected chi connectivity index (χ1v) is 11.4. The molecule has 2 amide bonds. The van der Waals surface area contributed by atoms with Gasteiger partial charge in [0.05, 0.1) is 23.4 Å². The maximum absolute atomic E-state index is 15.0. The second kappa shape index (κ2) is 10.0. The number of pyridine rings is 1. The lowest BCUT2D eigenvalue weighted by atomic mass is 10.0. The highest BCUT2D eigenvalue weighted by molar-refractivity contribution is 6.36. The van der Waals surface area contributed by atoms with Crippen molar-refractivity contribution in [2.45, 2.75) is 58.0 Å². The van der Waals surface area contributed by atoms with Crippen LogP contribution in [0, 0.1) is 5.82 Å². The molecule has 6 nitrogen and oxygen atoms in total. The van der Waals surface area contributed by atoms with Gasteiger partial charge in [-0.2, -0.15) is 0 Å². The number of ether oxygens (including phenoxy) is 1. The summed E-state index contributed by atoms with van der Waals surface area (Å²) in [5.74, 6) is -0.687. The lowest BCUT2D eigenvalue weighted by Crippen LogP contribution is -2.49. The summed E-state index contributed by atoms with van der Waals surface area (Å²) in [6.07, 6.45) is 3.67. The molecule has 1 aromatic carbocycles. The number of hydrogen-bond acceptors (Lipinski definition) is 4. The Morgan fingerprint density at radius 2 is 1.97 bits per heavy atom. The zero-order valence-corrected chi connectivity index (χ0v) is 19.7. The number of rotatable bonds is 9. The van der Waals surface area contributed by atoms with Gasteiger partial charge < -0.3 is 15.4 Å². The number of halogens is 3. The van der Waals surface area contributed by atoms with Crippen molar-refractivity contribution in [3.05, 3.63) is 46.0 Å². The Bertz CT molecular complexity index is 1030. The minimum atomic E-state index is -0.902. The van der Waals surface area contributed by atoms with E-state index in [1.807, 2.05) is 13.8 Å². The lowest BCUT2D eigenvalue weighted by Gasteiger charge is -2.21. The summed E-state index contributed by atoms with van der Waals surface area (Å²) in [6, 6.07) is 3.81. The van der Waals surface area contributed by atoms with E-state index in [2.05, 4.69) is 15.6 Å². The van der Waals surface area contributed by atoms with Gasteiger partial charge in [0.15, 0.2) is 0 Å². The third-order valence-corrected chi connectivity index (χ3v) is 5.77. The van der Waals surface area contributed by atoms with Gasteiger partial charge in [-0.25, -0.2) is 4.39 Å². The van der Waals surface area contributed by atoms with Crippen LogP contribution in [0.4, 0.5) is 4.39 Å². The van der Waals surface area contributed by atoms with E-state index in [-0.39, 0.29) is 17.5 Å². The van der Waals surface area contributed by atoms with E-state index in [0.29, 0.717) is 59.2 Å². The number of aromatic nitrogens is 1. The maximum Gasteiger partial charge on any atom is 0.246 e. The Morgan fingerprint density at radius 1 is 1.25 bits per heavy atom. The summed E-state index contributed by atoms with van der Waals surface area (Å²) in [4.78, 5) is 28.9. The zero-order valence-electron chi connectivity index (χ0n) is 18.2. The van der Waals surface area contributed by atoms with E-state index in [4.69, 9.17) is 27.9 Å². The third-order valence-electron chi connectivity index (χ3n) is 5.28. The van der Waals surface area contributed by atoms with Gasteiger partial charge in [0.2, 0.25) is 11.8 Å². The fourth-order valence-corrected chi connectivity index (χ4v) is 4.02. The van der Waals surface area contributed by atoms with Crippen LogP contribution in [0.25, 0.3) is 11.1 Å². The molecule has 9 heteroatoms. The number of benzene rings is 1. The monoisotopic (exact) mass is 481 g/mol. The topological polar surface area (TPSA) is 80.3 Å². The Labute approximate surface area is 196 Å². The molecule has 0 unspecified atom stereocenters. The van der Waals surface area contributed by atoms with Crippen LogP contribution < -0.4 is 15.4 Å². The molecule has 1 atom stereocenters. The van der Waals surface area contributed by atoms with Gasteiger partial charge in [-0.05, 0) is 51.3 Å². The molecule has 1 aliphatic carbocycles. The van der Waals surface area contributed by atoms with Gasteiger partial charge in [-0.15, -0.1) is 0 Å². The predicted octanol–water partition coefficient (Wildman–Crippen LogP) is 5.22. The number of amides is 2. The van der Waals surface area contributed by atoms with Crippen molar-refractivity contribution in [2.75, 3.05) is 6.61 Å². The number of carbonyl (C=O) groups is 2. The van der Waals surface area contributed by atoms with Crippen LogP contribution in [0.2, 0.25) is 10.0 Å². The van der Waals surface area contributed by atoms with Crippen molar-refractivity contribution in [1.29, 1.82) is 0 Å². The fraction of sp³-hybridized carbons (Fsp3) is 0.435. The standard InChI is InChI=1S/C23H26Cl2FN3O3/c1-4-6-19(30)29-23(7-8-23)22(31)28-13(3)20-18(26)9-14(12-27-20)16-10-15(24)11-17(25)21(16)32-5-2/h9-13H,4-8H2,1-3H3,(H,28,31)(H,29,30)/t13-/m1/s1. The maximum atomic E-state index is 15.0. The Hall–Kier alpha value is -2.38. The van der Waals surface area contributed by atoms with E-state index >= 15 is 0 Å². The summed E-state index contributed by atoms with van der Waals surface area (Å²) in [7, 11) is 0. The second-order valence-electron chi connectivity index (χ2n) is 7.86. The first kappa shape index (κ1) is 24.3. The van der Waals surface area contributed by atoms with Crippen molar-refractivity contribution in [1.82, 2.24) is 15.6 Å². The molecule has 0 radical (unpaired) electrons. The summed E-state index contributed by atoms with van der Waals surface area (Å²) in [5, 5.41) is 6.27. The van der Waals surface area contributed by atoms with E-state index in [1.54, 1.807) is 19.1 Å². The molecule has 2 aromatic rings. The highest BCUT2D eigenvalue weighted by atomic mass is 35.5. The van der Waals surface area contributed by atoms with Crippen molar-refractivity contribution >= 4 is 35.0 Å². The molecule has 172 valence electrons. The average molecular weight is 482 g/mol. The molecule has 1 aliphatic rings. The largest absolute Gasteiger partial charge is 0.492 e. The molecular weight excluding hydrogens is 456 g/mol. The lowest BCUT2D eigenvalue weighted by molar-refractivity contribution is -0.130. The van der Waals surface area contributed by atoms with Gasteiger partial charge in [0.1, 0.15) is 17.1 Å². The van der Waals surface area contributed by atoms with Crippen molar-refractivity contribution in [3.8, 4) is 16.9 Å². The van der Waals surface area contributed by atoms with Crippen LogP contribution in [0.3, 0.4) is 0 Å². The molecule has 0 spiro atoms. The molecule has 0 bridgehead atoms. The van der Waals surface area contributed by atoms with E-state index in [9.17, 15) is 14.0 Å². The number of carbonyl (C=O) groups excluding carboxylic acids is 2. The molecule has 3 rings (SSSR count). The predicted molar refractivity (Wildman–Crippen MR) is 122 cm³/mol. The van der Waals surface area contributed by atoms with E-state index in [1.165, 1.54) is 12.3 Å². The van der Waals surface area contributed by atoms with Crippen molar-refractivity contribution in [2.24, 2.45) is 0 Å². The average Bonchev–Trinajstić information content (AvgIpc) is 3.50. The summed E-state index contributed by atoms with van der Waals surface area (Å²) in [5.41, 5.74) is 0.155. The number of hydrogen-bond donors (Lipinski definition) is 2. The van der Waals surface area contributed by atoms with Gasteiger partial charge in [0.25, 0.3) is 0 Å². The Morgan fingerprint density at radius 3 is 2.56 bits per heavy atom. The Kier molecular flexibility index (Phi) is 7.62. The minimum Gasteiger partial charge on any atom is -0.492 e. The van der Waals surface area contributed by atoms with Crippen LogP contribution in [-0.2, 0) is 9.59 Å². The van der Waals surface area contributed by atoms with Gasteiger partial charge in [-0.1, -0.05) is 30.1 Å². The first-order valence-electron chi connectivity index (χ1n) is 10.6. The molecule has 1 heterocycles. The van der Waals surface area contributed by atoms with Gasteiger partial charge >= 0.3 is 0 Å². The molecule has 0 aliphatic heterocycles. The molecule has 2 N–H and O–H groups in total. The molecule has 1 fully saturated rings. The van der Waals surface area contributed by atoms with Crippen LogP contribution in [0.15, 0.2) is 24.4 Å². The third kappa shape index (κ3) is 5.33. The molecule has 1 saturated carbocycles. The number of nitrogens with one attached hydrogen (secondary N) is 2. The number of nitrogens with zero attached hydrogens (tertiary/aromatic N) is 1. The summed E-state index contributed by atoms with van der Waals surface area (Å²) >= 11 is 12.4. The van der Waals surface area contributed by atoms with Crippen LogP contribution in [-0.4, -0.2) is 28.9 Å². The Balaban J connectivity index is 1.79.